The molecule has 0 aliphatic carbocycles. The lowest BCUT2D eigenvalue weighted by atomic mass is 10.1. The fourth-order valence-electron chi connectivity index (χ4n) is 2.29. The number of allylic oxidation sites excluding steroid dienone is 1. The minimum atomic E-state index is -0.972. The van der Waals surface area contributed by atoms with Crippen LogP contribution >= 0.6 is 0 Å². The number of amides is 1. The van der Waals surface area contributed by atoms with Crippen LogP contribution in [0.25, 0.3) is 0 Å². The number of unbranched alkanes of at least 4 members (excludes halogenated alkanes) is 4. The first-order valence-corrected chi connectivity index (χ1v) is 7.94. The lowest BCUT2D eigenvalue weighted by Gasteiger charge is -2.16. The van der Waals surface area contributed by atoms with E-state index >= 15 is 0 Å². The SMILES string of the molecule is C=CCCCCCC[C@@H](NC(=O)c1ccc(F)cc1F)C(=O)OC. The standard InChI is InChI=1S/C18H23F2NO3/c1-3-4-5-6-7-8-9-16(18(23)24-2)21-17(22)14-11-10-13(19)12-15(14)20/h3,10-12,16H,1,4-9H2,2H3,(H,21,22)/t16-/m1/s1. The summed E-state index contributed by atoms with van der Waals surface area (Å²) in [5.74, 6) is -3.10. The molecule has 1 aromatic carbocycles. The fourth-order valence-corrected chi connectivity index (χ4v) is 2.29. The van der Waals surface area contributed by atoms with Crippen LogP contribution in [0.2, 0.25) is 0 Å². The third-order valence-electron chi connectivity index (χ3n) is 3.62. The Kier molecular flexibility index (Phi) is 8.68. The van der Waals surface area contributed by atoms with Crippen molar-refractivity contribution < 1.29 is 23.1 Å². The molecule has 1 N–H and O–H groups in total. The zero-order valence-electron chi connectivity index (χ0n) is 13.8. The van der Waals surface area contributed by atoms with Crippen molar-refractivity contribution in [3.8, 4) is 0 Å². The Morgan fingerprint density at radius 1 is 1.25 bits per heavy atom. The summed E-state index contributed by atoms with van der Waals surface area (Å²) in [5.41, 5.74) is -0.309. The molecule has 0 fully saturated rings. The topological polar surface area (TPSA) is 55.4 Å². The average molecular weight is 339 g/mol. The van der Waals surface area contributed by atoms with Gasteiger partial charge in [-0.3, -0.25) is 4.79 Å². The number of ether oxygens (including phenoxy) is 1. The van der Waals surface area contributed by atoms with Crippen molar-refractivity contribution in [1.29, 1.82) is 0 Å². The van der Waals surface area contributed by atoms with Crippen LogP contribution in [0, 0.1) is 11.6 Å². The molecular formula is C18H23F2NO3. The Balaban J connectivity index is 2.60. The summed E-state index contributed by atoms with van der Waals surface area (Å²) >= 11 is 0. The second kappa shape index (κ2) is 10.5. The van der Waals surface area contributed by atoms with E-state index in [0.717, 1.165) is 44.2 Å². The van der Waals surface area contributed by atoms with E-state index in [0.29, 0.717) is 12.5 Å². The molecular weight excluding hydrogens is 316 g/mol. The molecule has 0 aromatic heterocycles. The van der Waals surface area contributed by atoms with E-state index in [9.17, 15) is 18.4 Å². The first-order valence-electron chi connectivity index (χ1n) is 7.94. The molecule has 0 aliphatic rings. The van der Waals surface area contributed by atoms with Gasteiger partial charge in [-0.05, 0) is 31.4 Å². The van der Waals surface area contributed by atoms with Crippen molar-refractivity contribution in [2.75, 3.05) is 7.11 Å². The molecule has 0 aliphatic heterocycles. The number of carbonyl (C=O) groups excluding carboxylic acids is 2. The van der Waals surface area contributed by atoms with Gasteiger partial charge < -0.3 is 10.1 Å². The van der Waals surface area contributed by atoms with Gasteiger partial charge in [0, 0.05) is 6.07 Å². The highest BCUT2D eigenvalue weighted by Crippen LogP contribution is 2.12. The van der Waals surface area contributed by atoms with Crippen molar-refractivity contribution in [3.05, 3.63) is 48.1 Å². The molecule has 132 valence electrons. The summed E-state index contributed by atoms with van der Waals surface area (Å²) in [6, 6.07) is 1.81. The van der Waals surface area contributed by atoms with Gasteiger partial charge in [-0.15, -0.1) is 6.58 Å². The Morgan fingerprint density at radius 3 is 2.58 bits per heavy atom. The van der Waals surface area contributed by atoms with Gasteiger partial charge in [0.2, 0.25) is 0 Å². The van der Waals surface area contributed by atoms with Crippen LogP contribution in [0.4, 0.5) is 8.78 Å². The van der Waals surface area contributed by atoms with Crippen LogP contribution < -0.4 is 5.32 Å². The highest BCUT2D eigenvalue weighted by molar-refractivity contribution is 5.96. The lowest BCUT2D eigenvalue weighted by molar-refractivity contribution is -0.143. The molecule has 4 nitrogen and oxygen atoms in total. The van der Waals surface area contributed by atoms with Crippen molar-refractivity contribution in [2.45, 2.75) is 44.6 Å². The molecule has 0 radical (unpaired) electrons. The van der Waals surface area contributed by atoms with E-state index < -0.39 is 29.6 Å². The molecule has 1 amide bonds. The maximum absolute atomic E-state index is 13.6. The Morgan fingerprint density at radius 2 is 1.96 bits per heavy atom. The first kappa shape index (κ1) is 19.8. The number of nitrogens with one attached hydrogen (secondary N) is 1. The number of halogens is 2. The molecule has 1 aromatic rings. The molecule has 1 atom stereocenters. The summed E-state index contributed by atoms with van der Waals surface area (Å²) < 4.78 is 31.2. The Labute approximate surface area is 140 Å². The average Bonchev–Trinajstić information content (AvgIpc) is 2.55. The fraction of sp³-hybridized carbons (Fsp3) is 0.444. The number of methoxy groups -OCH3 is 1. The molecule has 0 saturated heterocycles. The van der Waals surface area contributed by atoms with Gasteiger partial charge in [-0.2, -0.15) is 0 Å². The number of benzene rings is 1. The van der Waals surface area contributed by atoms with E-state index in [-0.39, 0.29) is 5.56 Å². The second-order valence-corrected chi connectivity index (χ2v) is 5.45. The number of hydrogen-bond acceptors (Lipinski definition) is 3. The third-order valence-corrected chi connectivity index (χ3v) is 3.62. The summed E-state index contributed by atoms with van der Waals surface area (Å²) in [7, 11) is 1.23. The van der Waals surface area contributed by atoms with Crippen LogP contribution in [0.5, 0.6) is 0 Å². The van der Waals surface area contributed by atoms with Crippen LogP contribution in [0.3, 0.4) is 0 Å². The molecule has 0 unspecified atom stereocenters. The van der Waals surface area contributed by atoms with Crippen LogP contribution in [-0.4, -0.2) is 25.0 Å². The number of rotatable bonds is 10. The minimum Gasteiger partial charge on any atom is -0.467 e. The lowest BCUT2D eigenvalue weighted by Crippen LogP contribution is -2.41. The van der Waals surface area contributed by atoms with E-state index in [1.54, 1.807) is 0 Å². The maximum atomic E-state index is 13.6. The van der Waals surface area contributed by atoms with E-state index in [4.69, 9.17) is 0 Å². The number of carbonyl (C=O) groups is 2. The van der Waals surface area contributed by atoms with Gasteiger partial charge in [-0.25, -0.2) is 13.6 Å². The van der Waals surface area contributed by atoms with Crippen molar-refractivity contribution in [2.24, 2.45) is 0 Å². The van der Waals surface area contributed by atoms with Gasteiger partial charge in [0.25, 0.3) is 5.91 Å². The quantitative estimate of drug-likeness (QED) is 0.401. The highest BCUT2D eigenvalue weighted by Gasteiger charge is 2.23. The van der Waals surface area contributed by atoms with Crippen LogP contribution in [0.1, 0.15) is 48.9 Å². The van der Waals surface area contributed by atoms with Gasteiger partial charge in [0.15, 0.2) is 0 Å². The zero-order chi connectivity index (χ0) is 17.9. The number of esters is 1. The molecule has 24 heavy (non-hydrogen) atoms. The predicted molar refractivity (Wildman–Crippen MR) is 87.5 cm³/mol. The van der Waals surface area contributed by atoms with Crippen molar-refractivity contribution in [1.82, 2.24) is 5.32 Å². The van der Waals surface area contributed by atoms with E-state index in [2.05, 4.69) is 16.6 Å². The molecule has 0 heterocycles. The Hall–Kier alpha value is -2.24. The van der Waals surface area contributed by atoms with Gasteiger partial charge in [0.05, 0.1) is 12.7 Å². The summed E-state index contributed by atoms with van der Waals surface area (Å²) in [6.07, 6.45) is 6.86. The molecule has 1 rings (SSSR count). The predicted octanol–water partition coefficient (Wildman–Crippen LogP) is 3.76. The highest BCUT2D eigenvalue weighted by atomic mass is 19.1. The van der Waals surface area contributed by atoms with Crippen molar-refractivity contribution >= 4 is 11.9 Å². The number of hydrogen-bond donors (Lipinski definition) is 1. The molecule has 0 spiro atoms. The zero-order valence-corrected chi connectivity index (χ0v) is 13.8. The molecule has 6 heteroatoms. The summed E-state index contributed by atoms with van der Waals surface area (Å²) in [6.45, 7) is 3.65. The third kappa shape index (κ3) is 6.48. The summed E-state index contributed by atoms with van der Waals surface area (Å²) in [5, 5.41) is 2.45. The van der Waals surface area contributed by atoms with Crippen molar-refractivity contribution in [3.63, 3.8) is 0 Å². The van der Waals surface area contributed by atoms with Crippen LogP contribution in [-0.2, 0) is 9.53 Å². The smallest absolute Gasteiger partial charge is 0.328 e. The molecule has 0 saturated carbocycles. The van der Waals surface area contributed by atoms with E-state index in [1.165, 1.54) is 7.11 Å². The minimum absolute atomic E-state index is 0.309. The molecule has 0 bridgehead atoms. The Bertz CT molecular complexity index is 575. The normalized spacial score (nSPS) is 11.6. The monoisotopic (exact) mass is 339 g/mol. The van der Waals surface area contributed by atoms with Gasteiger partial charge >= 0.3 is 5.97 Å². The second-order valence-electron chi connectivity index (χ2n) is 5.45. The summed E-state index contributed by atoms with van der Waals surface area (Å²) in [4.78, 5) is 23.9. The van der Waals surface area contributed by atoms with E-state index in [1.807, 2.05) is 6.08 Å². The van der Waals surface area contributed by atoms with Gasteiger partial charge in [0.1, 0.15) is 17.7 Å². The van der Waals surface area contributed by atoms with Crippen LogP contribution in [0.15, 0.2) is 30.9 Å². The first-order chi connectivity index (χ1) is 11.5. The maximum Gasteiger partial charge on any atom is 0.328 e. The van der Waals surface area contributed by atoms with Gasteiger partial charge in [-0.1, -0.05) is 25.3 Å². The largest absolute Gasteiger partial charge is 0.467 e.